The Morgan fingerprint density at radius 2 is 2.18 bits per heavy atom. The third kappa shape index (κ3) is 2.36. The molecule has 6 heteroatoms. The van der Waals surface area contributed by atoms with E-state index in [-0.39, 0.29) is 24.4 Å². The van der Waals surface area contributed by atoms with Crippen molar-refractivity contribution in [3.05, 3.63) is 42.4 Å². The fraction of sp³-hybridized carbons (Fsp3) is 0.312. The van der Waals surface area contributed by atoms with Crippen molar-refractivity contribution in [2.45, 2.75) is 6.04 Å². The van der Waals surface area contributed by atoms with Crippen molar-refractivity contribution in [1.29, 1.82) is 0 Å². The molecule has 0 saturated carbocycles. The van der Waals surface area contributed by atoms with Gasteiger partial charge in [-0.1, -0.05) is 12.1 Å². The van der Waals surface area contributed by atoms with Gasteiger partial charge in [-0.15, -0.1) is 12.4 Å². The van der Waals surface area contributed by atoms with Crippen LogP contribution in [0.4, 0.5) is 0 Å². The number of carbonyl (C=O) groups excluding carboxylic acids is 1. The zero-order chi connectivity index (χ0) is 14.2. The van der Waals surface area contributed by atoms with Crippen molar-refractivity contribution in [3.63, 3.8) is 0 Å². The van der Waals surface area contributed by atoms with Gasteiger partial charge in [0.25, 0.3) is 5.91 Å². The summed E-state index contributed by atoms with van der Waals surface area (Å²) < 4.78 is 11.1. The summed E-state index contributed by atoms with van der Waals surface area (Å²) >= 11 is 0. The monoisotopic (exact) mass is 320 g/mol. The Morgan fingerprint density at radius 1 is 1.27 bits per heavy atom. The summed E-state index contributed by atoms with van der Waals surface area (Å²) in [7, 11) is 0. The van der Waals surface area contributed by atoms with E-state index in [0.717, 1.165) is 24.2 Å². The van der Waals surface area contributed by atoms with E-state index in [1.165, 1.54) is 0 Å². The molecule has 3 heterocycles. The van der Waals surface area contributed by atoms with E-state index in [2.05, 4.69) is 5.32 Å². The molecule has 1 saturated heterocycles. The molecule has 1 aromatic carbocycles. The maximum atomic E-state index is 13.0. The van der Waals surface area contributed by atoms with E-state index in [4.69, 9.17) is 9.15 Å². The van der Waals surface area contributed by atoms with Crippen molar-refractivity contribution >= 4 is 18.3 Å². The second-order valence-corrected chi connectivity index (χ2v) is 5.36. The highest BCUT2D eigenvalue weighted by Gasteiger charge is 2.34. The van der Waals surface area contributed by atoms with Gasteiger partial charge in [-0.25, -0.2) is 0 Å². The number of piperazine rings is 1. The first-order chi connectivity index (χ1) is 10.3. The van der Waals surface area contributed by atoms with E-state index in [0.29, 0.717) is 24.5 Å². The van der Waals surface area contributed by atoms with Gasteiger partial charge in [-0.3, -0.25) is 4.79 Å². The van der Waals surface area contributed by atoms with Gasteiger partial charge < -0.3 is 19.4 Å². The first kappa shape index (κ1) is 14.9. The van der Waals surface area contributed by atoms with Crippen LogP contribution in [-0.2, 0) is 0 Å². The van der Waals surface area contributed by atoms with Gasteiger partial charge in [-0.2, -0.15) is 0 Å². The van der Waals surface area contributed by atoms with Gasteiger partial charge in [-0.05, 0) is 12.1 Å². The number of amides is 1. The quantitative estimate of drug-likeness (QED) is 0.875. The molecule has 0 aliphatic carbocycles. The first-order valence-electron chi connectivity index (χ1n) is 7.14. The largest absolute Gasteiger partial charge is 0.491 e. The number of carbonyl (C=O) groups is 1. The lowest BCUT2D eigenvalue weighted by Crippen LogP contribution is -2.54. The first-order valence-corrected chi connectivity index (χ1v) is 7.14. The van der Waals surface area contributed by atoms with E-state index in [1.54, 1.807) is 12.5 Å². The predicted octanol–water partition coefficient (Wildman–Crippen LogP) is 2.17. The fourth-order valence-corrected chi connectivity index (χ4v) is 3.04. The van der Waals surface area contributed by atoms with Crippen LogP contribution in [0.1, 0.15) is 10.4 Å². The highest BCUT2D eigenvalue weighted by molar-refractivity contribution is 6.04. The SMILES string of the molecule is Cl.O=C1c2c(cccc2-c2ccoc2)OCC2CNCCN12. The average molecular weight is 321 g/mol. The van der Waals surface area contributed by atoms with Crippen molar-refractivity contribution in [1.82, 2.24) is 10.2 Å². The van der Waals surface area contributed by atoms with Gasteiger partial charge in [0.05, 0.1) is 24.1 Å². The van der Waals surface area contributed by atoms with Gasteiger partial charge in [0.15, 0.2) is 0 Å². The van der Waals surface area contributed by atoms with Gasteiger partial charge in [0.2, 0.25) is 0 Å². The molecule has 0 spiro atoms. The normalized spacial score (nSPS) is 20.3. The molecule has 4 rings (SSSR count). The van der Waals surface area contributed by atoms with E-state index >= 15 is 0 Å². The van der Waals surface area contributed by atoms with Crippen molar-refractivity contribution < 1.29 is 13.9 Å². The third-order valence-electron chi connectivity index (χ3n) is 4.11. The van der Waals surface area contributed by atoms with Crippen LogP contribution in [-0.4, -0.2) is 43.1 Å². The Kier molecular flexibility index (Phi) is 4.09. The smallest absolute Gasteiger partial charge is 0.258 e. The minimum absolute atomic E-state index is 0. The summed E-state index contributed by atoms with van der Waals surface area (Å²) in [4.78, 5) is 14.9. The van der Waals surface area contributed by atoms with Gasteiger partial charge >= 0.3 is 0 Å². The fourth-order valence-electron chi connectivity index (χ4n) is 3.04. The minimum atomic E-state index is 0. The van der Waals surface area contributed by atoms with Crippen LogP contribution in [0.25, 0.3) is 11.1 Å². The maximum absolute atomic E-state index is 13.0. The Labute approximate surface area is 134 Å². The molecule has 1 atom stereocenters. The maximum Gasteiger partial charge on any atom is 0.258 e. The molecular weight excluding hydrogens is 304 g/mol. The molecule has 2 aromatic rings. The van der Waals surface area contributed by atoms with Crippen LogP contribution in [0.3, 0.4) is 0 Å². The summed E-state index contributed by atoms with van der Waals surface area (Å²) in [5, 5.41) is 3.31. The molecular formula is C16H17ClN2O3. The zero-order valence-electron chi connectivity index (χ0n) is 12.0. The number of furan rings is 1. The molecule has 116 valence electrons. The topological polar surface area (TPSA) is 54.7 Å². The third-order valence-corrected chi connectivity index (χ3v) is 4.11. The Bertz CT molecular complexity index is 672. The number of fused-ring (bicyclic) bond motifs is 2. The van der Waals surface area contributed by atoms with Gasteiger partial charge in [0.1, 0.15) is 12.4 Å². The van der Waals surface area contributed by atoms with E-state index in [9.17, 15) is 4.79 Å². The van der Waals surface area contributed by atoms with Crippen LogP contribution >= 0.6 is 12.4 Å². The second-order valence-electron chi connectivity index (χ2n) is 5.36. The van der Waals surface area contributed by atoms with Crippen molar-refractivity contribution in [2.75, 3.05) is 26.2 Å². The number of ether oxygens (including phenoxy) is 1. The molecule has 0 radical (unpaired) electrons. The summed E-state index contributed by atoms with van der Waals surface area (Å²) in [5.41, 5.74) is 2.41. The highest BCUT2D eigenvalue weighted by Crippen LogP contribution is 2.34. The van der Waals surface area contributed by atoms with Crippen LogP contribution in [0.5, 0.6) is 5.75 Å². The van der Waals surface area contributed by atoms with Crippen LogP contribution < -0.4 is 10.1 Å². The van der Waals surface area contributed by atoms with Crippen molar-refractivity contribution in [2.24, 2.45) is 0 Å². The summed E-state index contributed by atoms with van der Waals surface area (Å²) in [6.07, 6.45) is 3.27. The minimum Gasteiger partial charge on any atom is -0.491 e. The molecule has 1 aromatic heterocycles. The molecule has 22 heavy (non-hydrogen) atoms. The Hall–Kier alpha value is -1.98. The number of hydrogen-bond acceptors (Lipinski definition) is 4. The molecule has 1 amide bonds. The second kappa shape index (κ2) is 6.02. The van der Waals surface area contributed by atoms with Crippen LogP contribution in [0.2, 0.25) is 0 Å². The number of hydrogen-bond donors (Lipinski definition) is 1. The predicted molar refractivity (Wildman–Crippen MR) is 84.6 cm³/mol. The summed E-state index contributed by atoms with van der Waals surface area (Å²) in [6.45, 7) is 2.85. The lowest BCUT2D eigenvalue weighted by molar-refractivity contribution is 0.0607. The summed E-state index contributed by atoms with van der Waals surface area (Å²) in [6, 6.07) is 7.67. The number of nitrogens with zero attached hydrogens (tertiary/aromatic N) is 1. The molecule has 1 unspecified atom stereocenters. The lowest BCUT2D eigenvalue weighted by atomic mass is 9.99. The zero-order valence-corrected chi connectivity index (χ0v) is 12.8. The molecule has 2 aliphatic heterocycles. The van der Waals surface area contributed by atoms with Crippen molar-refractivity contribution in [3.8, 4) is 16.9 Å². The summed E-state index contributed by atoms with van der Waals surface area (Å²) in [5.74, 6) is 0.707. The lowest BCUT2D eigenvalue weighted by Gasteiger charge is -2.34. The molecule has 2 aliphatic rings. The number of benzene rings is 1. The average Bonchev–Trinajstić information content (AvgIpc) is 3.02. The van der Waals surface area contributed by atoms with E-state index < -0.39 is 0 Å². The highest BCUT2D eigenvalue weighted by atomic mass is 35.5. The van der Waals surface area contributed by atoms with Crippen LogP contribution in [0.15, 0.2) is 41.2 Å². The Morgan fingerprint density at radius 3 is 3.00 bits per heavy atom. The van der Waals surface area contributed by atoms with Gasteiger partial charge in [0, 0.05) is 30.8 Å². The molecule has 5 nitrogen and oxygen atoms in total. The molecule has 0 bridgehead atoms. The molecule has 1 N–H and O–H groups in total. The number of nitrogens with one attached hydrogen (secondary N) is 1. The van der Waals surface area contributed by atoms with Crippen LogP contribution in [0, 0.1) is 0 Å². The number of halogens is 1. The standard InChI is InChI=1S/C16H16N2O3.ClH/c19-16-15-13(11-4-7-20-9-11)2-1-3-14(15)21-10-12-8-17-5-6-18(12)16;/h1-4,7,9,12,17H,5-6,8,10H2;1H. The Balaban J connectivity index is 0.00000144. The number of rotatable bonds is 1. The molecule has 1 fully saturated rings. The van der Waals surface area contributed by atoms with E-state index in [1.807, 2.05) is 29.2 Å².